The minimum absolute atomic E-state index is 0.167. The van der Waals surface area contributed by atoms with Crippen LogP contribution in [0.1, 0.15) is 33.3 Å². The summed E-state index contributed by atoms with van der Waals surface area (Å²) in [5.41, 5.74) is 0.638. The highest BCUT2D eigenvalue weighted by Crippen LogP contribution is 2.31. The Morgan fingerprint density at radius 1 is 0.812 bits per heavy atom. The SMILES string of the molecule is CC(=O)OC[C@H]1OC(Oc2ccc(CO)cc2)[C@H](OC(C)=O)[C@@H](OC(C)=O)[C@H]1OC(C)=O. The lowest BCUT2D eigenvalue weighted by molar-refractivity contribution is -0.288. The average molecular weight is 454 g/mol. The lowest BCUT2D eigenvalue weighted by Gasteiger charge is -2.43. The smallest absolute Gasteiger partial charge is 0.303 e. The number of aliphatic hydroxyl groups is 1. The fraction of sp³-hybridized carbons (Fsp3) is 0.524. The summed E-state index contributed by atoms with van der Waals surface area (Å²) < 4.78 is 32.6. The highest BCUT2D eigenvalue weighted by atomic mass is 16.7. The first-order chi connectivity index (χ1) is 15.1. The van der Waals surface area contributed by atoms with Crippen molar-refractivity contribution in [2.24, 2.45) is 0 Å². The molecule has 1 aliphatic rings. The van der Waals surface area contributed by atoms with Crippen molar-refractivity contribution in [2.75, 3.05) is 6.61 Å². The lowest BCUT2D eigenvalue weighted by Crippen LogP contribution is -2.63. The van der Waals surface area contributed by atoms with E-state index in [9.17, 15) is 24.3 Å². The number of carbonyl (C=O) groups excluding carboxylic acids is 4. The quantitative estimate of drug-likeness (QED) is 0.436. The first-order valence-electron chi connectivity index (χ1n) is 9.77. The second-order valence-corrected chi connectivity index (χ2v) is 6.99. The molecule has 0 amide bonds. The minimum Gasteiger partial charge on any atom is -0.463 e. The van der Waals surface area contributed by atoms with Crippen LogP contribution < -0.4 is 4.74 Å². The standard InChI is InChI=1S/C21H26O11/c1-11(23)27-10-17-18(28-12(2)24)19(29-13(3)25)20(30-14(4)26)21(32-17)31-16-7-5-15(9-22)6-8-16/h5-8,17-22H,9-10H2,1-4H3/t17-,18+,19+,20-,21?/m1/s1. The molecule has 1 unspecified atom stereocenters. The molecule has 1 aromatic rings. The Morgan fingerprint density at radius 3 is 1.84 bits per heavy atom. The summed E-state index contributed by atoms with van der Waals surface area (Å²) >= 11 is 0. The predicted octanol–water partition coefficient (Wildman–Crippen LogP) is 0.641. The molecule has 1 N–H and O–H groups in total. The van der Waals surface area contributed by atoms with Crippen molar-refractivity contribution in [3.8, 4) is 5.75 Å². The summed E-state index contributed by atoms with van der Waals surface area (Å²) in [6.07, 6.45) is -6.28. The van der Waals surface area contributed by atoms with Gasteiger partial charge in [-0.25, -0.2) is 0 Å². The van der Waals surface area contributed by atoms with E-state index in [0.717, 1.165) is 20.8 Å². The Balaban J connectivity index is 2.42. The number of benzene rings is 1. The highest BCUT2D eigenvalue weighted by molar-refractivity contribution is 5.68. The van der Waals surface area contributed by atoms with E-state index < -0.39 is 54.6 Å². The molecular formula is C21H26O11. The van der Waals surface area contributed by atoms with E-state index in [-0.39, 0.29) is 13.2 Å². The molecule has 11 heteroatoms. The molecule has 5 atom stereocenters. The van der Waals surface area contributed by atoms with Crippen molar-refractivity contribution in [2.45, 2.75) is 65.0 Å². The summed E-state index contributed by atoms with van der Waals surface area (Å²) in [7, 11) is 0. The fourth-order valence-electron chi connectivity index (χ4n) is 3.09. The van der Waals surface area contributed by atoms with Gasteiger partial charge in [-0.2, -0.15) is 0 Å². The summed E-state index contributed by atoms with van der Waals surface area (Å²) in [5.74, 6) is -2.49. The molecule has 1 fully saturated rings. The van der Waals surface area contributed by atoms with E-state index in [2.05, 4.69) is 0 Å². The average Bonchev–Trinajstić information content (AvgIpc) is 2.70. The Hall–Kier alpha value is -3.18. The van der Waals surface area contributed by atoms with E-state index in [1.165, 1.54) is 6.92 Å². The van der Waals surface area contributed by atoms with E-state index >= 15 is 0 Å². The van der Waals surface area contributed by atoms with Gasteiger partial charge in [-0.3, -0.25) is 19.2 Å². The topological polar surface area (TPSA) is 144 Å². The third-order valence-electron chi connectivity index (χ3n) is 4.31. The van der Waals surface area contributed by atoms with Gasteiger partial charge in [0.2, 0.25) is 12.4 Å². The van der Waals surface area contributed by atoms with Gasteiger partial charge in [0.1, 0.15) is 18.5 Å². The Labute approximate surface area is 184 Å². The third-order valence-corrected chi connectivity index (χ3v) is 4.31. The molecule has 0 bridgehead atoms. The predicted molar refractivity (Wildman–Crippen MR) is 105 cm³/mol. The molecular weight excluding hydrogens is 428 g/mol. The summed E-state index contributed by atoms with van der Waals surface area (Å²) in [5, 5.41) is 9.20. The van der Waals surface area contributed by atoms with Crippen LogP contribution in [0.2, 0.25) is 0 Å². The van der Waals surface area contributed by atoms with Crippen LogP contribution in [-0.2, 0) is 49.5 Å². The summed E-state index contributed by atoms with van der Waals surface area (Å²) in [6, 6.07) is 6.33. The summed E-state index contributed by atoms with van der Waals surface area (Å²) in [4.78, 5) is 46.6. The zero-order valence-electron chi connectivity index (χ0n) is 18.1. The number of esters is 4. The molecule has 11 nitrogen and oxygen atoms in total. The van der Waals surface area contributed by atoms with Crippen molar-refractivity contribution in [1.82, 2.24) is 0 Å². The van der Waals surface area contributed by atoms with Crippen LogP contribution in [0.15, 0.2) is 24.3 Å². The molecule has 1 aromatic carbocycles. The van der Waals surface area contributed by atoms with Gasteiger partial charge in [0, 0.05) is 27.7 Å². The monoisotopic (exact) mass is 454 g/mol. The van der Waals surface area contributed by atoms with Gasteiger partial charge in [0.15, 0.2) is 12.2 Å². The number of hydrogen-bond acceptors (Lipinski definition) is 11. The molecule has 1 aliphatic heterocycles. The van der Waals surface area contributed by atoms with E-state index in [0.29, 0.717) is 11.3 Å². The van der Waals surface area contributed by atoms with Gasteiger partial charge >= 0.3 is 23.9 Å². The van der Waals surface area contributed by atoms with Gasteiger partial charge in [0.05, 0.1) is 6.61 Å². The van der Waals surface area contributed by atoms with Crippen LogP contribution >= 0.6 is 0 Å². The van der Waals surface area contributed by atoms with E-state index in [1.807, 2.05) is 0 Å². The van der Waals surface area contributed by atoms with Gasteiger partial charge in [-0.1, -0.05) is 12.1 Å². The van der Waals surface area contributed by atoms with Gasteiger partial charge in [-0.15, -0.1) is 0 Å². The second kappa shape index (κ2) is 11.4. The molecule has 0 saturated carbocycles. The molecule has 0 radical (unpaired) electrons. The number of ether oxygens (including phenoxy) is 6. The number of aliphatic hydroxyl groups excluding tert-OH is 1. The first kappa shape index (κ1) is 25.1. The second-order valence-electron chi connectivity index (χ2n) is 6.99. The maximum absolute atomic E-state index is 11.8. The van der Waals surface area contributed by atoms with Gasteiger partial charge in [-0.05, 0) is 17.7 Å². The summed E-state index contributed by atoms with van der Waals surface area (Å²) in [6.45, 7) is 4.09. The highest BCUT2D eigenvalue weighted by Gasteiger charge is 2.53. The van der Waals surface area contributed by atoms with Crippen LogP contribution in [-0.4, -0.2) is 66.3 Å². The van der Waals surface area contributed by atoms with E-state index in [1.54, 1.807) is 24.3 Å². The van der Waals surface area contributed by atoms with Crippen LogP contribution in [0, 0.1) is 0 Å². The lowest BCUT2D eigenvalue weighted by atomic mass is 9.98. The molecule has 2 rings (SSSR count). The zero-order chi connectivity index (χ0) is 23.8. The zero-order valence-corrected chi connectivity index (χ0v) is 18.1. The molecule has 1 saturated heterocycles. The maximum atomic E-state index is 11.8. The number of rotatable bonds is 8. The molecule has 0 spiro atoms. The largest absolute Gasteiger partial charge is 0.463 e. The Morgan fingerprint density at radius 2 is 1.34 bits per heavy atom. The van der Waals surface area contributed by atoms with Crippen molar-refractivity contribution in [3.63, 3.8) is 0 Å². The minimum atomic E-state index is -1.31. The van der Waals surface area contributed by atoms with Gasteiger partial charge in [0.25, 0.3) is 0 Å². The van der Waals surface area contributed by atoms with Crippen LogP contribution in [0.3, 0.4) is 0 Å². The van der Waals surface area contributed by atoms with Gasteiger partial charge < -0.3 is 33.5 Å². The molecule has 1 heterocycles. The van der Waals surface area contributed by atoms with Crippen molar-refractivity contribution >= 4 is 23.9 Å². The first-order valence-corrected chi connectivity index (χ1v) is 9.77. The molecule has 0 aliphatic carbocycles. The fourth-order valence-corrected chi connectivity index (χ4v) is 3.09. The van der Waals surface area contributed by atoms with E-state index in [4.69, 9.17) is 28.4 Å². The normalized spacial score (nSPS) is 24.7. The maximum Gasteiger partial charge on any atom is 0.303 e. The van der Waals surface area contributed by atoms with Crippen LogP contribution in [0.25, 0.3) is 0 Å². The number of hydrogen-bond donors (Lipinski definition) is 1. The Kier molecular flexibility index (Phi) is 8.97. The van der Waals surface area contributed by atoms with Crippen LogP contribution in [0.5, 0.6) is 5.75 Å². The number of carbonyl (C=O) groups is 4. The van der Waals surface area contributed by atoms with Crippen LogP contribution in [0.4, 0.5) is 0 Å². The Bertz CT molecular complexity index is 820. The third kappa shape index (κ3) is 7.20. The van der Waals surface area contributed by atoms with Crippen molar-refractivity contribution < 1.29 is 52.7 Å². The molecule has 32 heavy (non-hydrogen) atoms. The molecule has 176 valence electrons. The van der Waals surface area contributed by atoms with Crippen molar-refractivity contribution in [1.29, 1.82) is 0 Å². The molecule has 0 aromatic heterocycles. The van der Waals surface area contributed by atoms with Crippen molar-refractivity contribution in [3.05, 3.63) is 29.8 Å².